The van der Waals surface area contributed by atoms with E-state index in [1.807, 2.05) is 26.1 Å². The number of rotatable bonds is 7. The molecule has 1 aromatic carbocycles. The molecule has 29 heavy (non-hydrogen) atoms. The number of aryl methyl sites for hydroxylation is 1. The van der Waals surface area contributed by atoms with Gasteiger partial charge in [0, 0.05) is 50.6 Å². The fourth-order valence-corrected chi connectivity index (χ4v) is 4.23. The third kappa shape index (κ3) is 6.55. The third-order valence-electron chi connectivity index (χ3n) is 5.31. The van der Waals surface area contributed by atoms with Crippen LogP contribution in [0.3, 0.4) is 0 Å². The van der Waals surface area contributed by atoms with Crippen molar-refractivity contribution in [3.05, 3.63) is 45.9 Å². The van der Waals surface area contributed by atoms with Crippen molar-refractivity contribution >= 4 is 41.3 Å². The highest BCUT2D eigenvalue weighted by Crippen LogP contribution is 2.35. The number of hydrogen-bond acceptors (Lipinski definition) is 5. The van der Waals surface area contributed by atoms with Crippen LogP contribution in [0.1, 0.15) is 29.1 Å². The number of nitrogens with one attached hydrogen (secondary N) is 2. The highest BCUT2D eigenvalue weighted by Gasteiger charge is 2.34. The molecule has 1 aromatic heterocycles. The topological polar surface area (TPSA) is 67.8 Å². The molecule has 160 valence electrons. The number of methoxy groups -OCH3 is 1. The number of nitrogens with zero attached hydrogens (tertiary/aromatic N) is 2. The summed E-state index contributed by atoms with van der Waals surface area (Å²) >= 11 is 1.69. The molecule has 6 nitrogen and oxygen atoms in total. The number of thiazole rings is 1. The Morgan fingerprint density at radius 3 is 2.55 bits per heavy atom. The minimum absolute atomic E-state index is 0. The van der Waals surface area contributed by atoms with Crippen LogP contribution in [-0.4, -0.2) is 51.4 Å². The van der Waals surface area contributed by atoms with E-state index in [-0.39, 0.29) is 29.4 Å². The summed E-state index contributed by atoms with van der Waals surface area (Å²) in [6.45, 7) is 5.22. The van der Waals surface area contributed by atoms with Gasteiger partial charge in [-0.25, -0.2) is 4.98 Å². The van der Waals surface area contributed by atoms with E-state index in [0.717, 1.165) is 68.0 Å². The first-order chi connectivity index (χ1) is 13.6. The summed E-state index contributed by atoms with van der Waals surface area (Å²) in [6.07, 6.45) is 2.87. The van der Waals surface area contributed by atoms with Gasteiger partial charge in [0.1, 0.15) is 5.75 Å². The molecule has 0 atom stereocenters. The number of hydrogen-bond donors (Lipinski definition) is 2. The molecule has 0 spiro atoms. The van der Waals surface area contributed by atoms with Gasteiger partial charge in [0.25, 0.3) is 0 Å². The molecular formula is C21H31IN4O2S. The van der Waals surface area contributed by atoms with Gasteiger partial charge in [0.05, 0.1) is 17.8 Å². The van der Waals surface area contributed by atoms with Crippen LogP contribution in [0.2, 0.25) is 0 Å². The van der Waals surface area contributed by atoms with Crippen molar-refractivity contribution in [1.29, 1.82) is 0 Å². The molecule has 1 aliphatic heterocycles. The van der Waals surface area contributed by atoms with Gasteiger partial charge in [0.15, 0.2) is 5.96 Å². The zero-order valence-electron chi connectivity index (χ0n) is 17.4. The standard InChI is InChI=1S/C21H30N4O2S.HI/c1-16-25-18(14-28-16)8-11-23-20(22-2)24-15-21(9-12-27-13-10-21)17-4-6-19(26-3)7-5-17;/h4-7,14H,8-13,15H2,1-3H3,(H2,22,23,24);1H. The van der Waals surface area contributed by atoms with Gasteiger partial charge in [-0.3, -0.25) is 4.99 Å². The quantitative estimate of drug-likeness (QED) is 0.326. The molecule has 0 amide bonds. The van der Waals surface area contributed by atoms with Crippen LogP contribution in [0.5, 0.6) is 5.75 Å². The van der Waals surface area contributed by atoms with E-state index in [1.54, 1.807) is 18.4 Å². The molecule has 3 rings (SSSR count). The lowest BCUT2D eigenvalue weighted by atomic mass is 9.74. The van der Waals surface area contributed by atoms with E-state index in [0.29, 0.717) is 0 Å². The molecule has 8 heteroatoms. The fourth-order valence-electron chi connectivity index (χ4n) is 3.58. The maximum absolute atomic E-state index is 5.64. The summed E-state index contributed by atoms with van der Waals surface area (Å²) in [5, 5.41) is 10.2. The van der Waals surface area contributed by atoms with Gasteiger partial charge in [-0.2, -0.15) is 0 Å². The zero-order valence-corrected chi connectivity index (χ0v) is 20.5. The lowest BCUT2D eigenvalue weighted by molar-refractivity contribution is 0.0513. The summed E-state index contributed by atoms with van der Waals surface area (Å²) in [4.78, 5) is 8.90. The van der Waals surface area contributed by atoms with Crippen LogP contribution in [0, 0.1) is 6.92 Å². The Bertz CT molecular complexity index is 773. The molecule has 0 saturated carbocycles. The second kappa shape index (κ2) is 11.7. The summed E-state index contributed by atoms with van der Waals surface area (Å²) in [6, 6.07) is 8.42. The first-order valence-corrected chi connectivity index (χ1v) is 10.6. The molecule has 0 bridgehead atoms. The van der Waals surface area contributed by atoms with Crippen LogP contribution in [0.25, 0.3) is 0 Å². The maximum atomic E-state index is 5.64. The van der Waals surface area contributed by atoms with Crippen molar-refractivity contribution in [3.63, 3.8) is 0 Å². The highest BCUT2D eigenvalue weighted by molar-refractivity contribution is 14.0. The predicted octanol–water partition coefficient (Wildman–Crippen LogP) is 3.53. The molecule has 0 aliphatic carbocycles. The van der Waals surface area contributed by atoms with Crippen molar-refractivity contribution in [1.82, 2.24) is 15.6 Å². The van der Waals surface area contributed by atoms with Gasteiger partial charge in [0.2, 0.25) is 0 Å². The summed E-state index contributed by atoms with van der Waals surface area (Å²) < 4.78 is 10.9. The Labute approximate surface area is 194 Å². The van der Waals surface area contributed by atoms with Gasteiger partial charge < -0.3 is 20.1 Å². The van der Waals surface area contributed by atoms with Gasteiger partial charge in [-0.1, -0.05) is 12.1 Å². The van der Waals surface area contributed by atoms with E-state index >= 15 is 0 Å². The Balaban J connectivity index is 0.00000300. The molecule has 2 aromatic rings. The first kappa shape index (κ1) is 23.9. The molecule has 2 heterocycles. The van der Waals surface area contributed by atoms with E-state index in [4.69, 9.17) is 9.47 Å². The smallest absolute Gasteiger partial charge is 0.191 e. The monoisotopic (exact) mass is 530 g/mol. The van der Waals surface area contributed by atoms with Crippen molar-refractivity contribution in [2.75, 3.05) is 40.5 Å². The molecule has 1 fully saturated rings. The fraction of sp³-hybridized carbons (Fsp3) is 0.524. The number of ether oxygens (including phenoxy) is 2. The number of halogens is 1. The maximum Gasteiger partial charge on any atom is 0.191 e. The van der Waals surface area contributed by atoms with E-state index in [1.165, 1.54) is 5.56 Å². The lowest BCUT2D eigenvalue weighted by Crippen LogP contribution is -2.48. The van der Waals surface area contributed by atoms with Crippen LogP contribution in [0.4, 0.5) is 0 Å². The summed E-state index contributed by atoms with van der Waals surface area (Å²) in [5.74, 6) is 1.71. The Hall–Kier alpha value is -1.39. The lowest BCUT2D eigenvalue weighted by Gasteiger charge is -2.38. The molecule has 2 N–H and O–H groups in total. The number of aromatic nitrogens is 1. The van der Waals surface area contributed by atoms with Crippen LogP contribution < -0.4 is 15.4 Å². The van der Waals surface area contributed by atoms with Crippen LogP contribution >= 0.6 is 35.3 Å². The van der Waals surface area contributed by atoms with E-state index < -0.39 is 0 Å². The van der Waals surface area contributed by atoms with Crippen LogP contribution in [0.15, 0.2) is 34.6 Å². The second-order valence-electron chi connectivity index (χ2n) is 7.08. The van der Waals surface area contributed by atoms with Crippen molar-refractivity contribution in [3.8, 4) is 5.75 Å². The average molecular weight is 530 g/mol. The van der Waals surface area contributed by atoms with Gasteiger partial charge >= 0.3 is 0 Å². The van der Waals surface area contributed by atoms with Crippen LogP contribution in [-0.2, 0) is 16.6 Å². The second-order valence-corrected chi connectivity index (χ2v) is 8.14. The summed E-state index contributed by atoms with van der Waals surface area (Å²) in [5.41, 5.74) is 2.48. The van der Waals surface area contributed by atoms with Crippen molar-refractivity contribution in [2.24, 2.45) is 4.99 Å². The van der Waals surface area contributed by atoms with E-state index in [2.05, 4.69) is 38.1 Å². The minimum atomic E-state index is 0. The largest absolute Gasteiger partial charge is 0.497 e. The van der Waals surface area contributed by atoms with Gasteiger partial charge in [-0.15, -0.1) is 35.3 Å². The SMILES string of the molecule is CN=C(NCCc1csc(C)n1)NCC1(c2ccc(OC)cc2)CCOCC1.I. The number of aliphatic imine (C=N–C) groups is 1. The first-order valence-electron chi connectivity index (χ1n) is 9.73. The Morgan fingerprint density at radius 2 is 1.97 bits per heavy atom. The van der Waals surface area contributed by atoms with Crippen molar-refractivity contribution < 1.29 is 9.47 Å². The molecular weight excluding hydrogens is 499 g/mol. The summed E-state index contributed by atoms with van der Waals surface area (Å²) in [7, 11) is 3.51. The number of guanidine groups is 1. The zero-order chi connectivity index (χ0) is 19.8. The van der Waals surface area contributed by atoms with Crippen molar-refractivity contribution in [2.45, 2.75) is 31.6 Å². The predicted molar refractivity (Wildman–Crippen MR) is 130 cm³/mol. The van der Waals surface area contributed by atoms with E-state index in [9.17, 15) is 0 Å². The Kier molecular flexibility index (Phi) is 9.64. The average Bonchev–Trinajstić information content (AvgIpc) is 3.16. The molecule has 1 aliphatic rings. The highest BCUT2D eigenvalue weighted by atomic mass is 127. The molecule has 0 unspecified atom stereocenters. The molecule has 1 saturated heterocycles. The normalized spacial score (nSPS) is 16.0. The van der Waals surface area contributed by atoms with Gasteiger partial charge in [-0.05, 0) is 37.5 Å². The number of benzene rings is 1. The third-order valence-corrected chi connectivity index (χ3v) is 6.13. The Morgan fingerprint density at radius 1 is 1.24 bits per heavy atom. The minimum Gasteiger partial charge on any atom is -0.497 e. The molecule has 0 radical (unpaired) electrons.